The number of aryl methyl sites for hydroxylation is 2. The Balaban J connectivity index is 2.52. The van der Waals surface area contributed by atoms with Gasteiger partial charge >= 0.3 is 0 Å². The molecule has 0 aliphatic carbocycles. The predicted octanol–water partition coefficient (Wildman–Crippen LogP) is -1.08. The molecule has 18 heavy (non-hydrogen) atoms. The molecule has 1 amide bonds. The zero-order valence-corrected chi connectivity index (χ0v) is 10.7. The Labute approximate surface area is 103 Å². The minimum atomic E-state index is -0.404. The number of fused-ring (bicyclic) bond motifs is 1. The monoisotopic (exact) mass is 250 g/mol. The summed E-state index contributed by atoms with van der Waals surface area (Å²) in [6, 6.07) is 0. The van der Waals surface area contributed by atoms with Crippen LogP contribution in [0.15, 0.2) is 4.79 Å². The largest absolute Gasteiger partial charge is 0.347 e. The zero-order valence-electron chi connectivity index (χ0n) is 10.7. The van der Waals surface area contributed by atoms with E-state index < -0.39 is 5.56 Å². The van der Waals surface area contributed by atoms with Gasteiger partial charge in [-0.1, -0.05) is 5.21 Å². The van der Waals surface area contributed by atoms with Crippen LogP contribution in [0.25, 0.3) is 11.0 Å². The number of carbonyl (C=O) groups excluding carboxylic acids is 1. The van der Waals surface area contributed by atoms with Gasteiger partial charge < -0.3 is 4.90 Å². The van der Waals surface area contributed by atoms with Crippen LogP contribution in [-0.4, -0.2) is 49.7 Å². The van der Waals surface area contributed by atoms with E-state index in [4.69, 9.17) is 0 Å². The van der Waals surface area contributed by atoms with E-state index in [0.717, 1.165) is 10.4 Å². The molecule has 0 radical (unpaired) electrons. The molecule has 2 rings (SSSR count). The van der Waals surface area contributed by atoms with Gasteiger partial charge in [0.15, 0.2) is 5.52 Å². The number of nitrogens with zero attached hydrogens (tertiary/aromatic N) is 6. The van der Waals surface area contributed by atoms with Crippen molar-refractivity contribution in [3.63, 3.8) is 0 Å². The molecule has 0 fully saturated rings. The SMILES string of the molecule is Cc1c2nnn(CC(=O)N(C)C)c(=O)c2nn1C. The van der Waals surface area contributed by atoms with Crippen LogP contribution in [0.1, 0.15) is 5.69 Å². The minimum absolute atomic E-state index is 0.135. The number of aromatic nitrogens is 5. The van der Waals surface area contributed by atoms with Crippen LogP contribution in [0.3, 0.4) is 0 Å². The number of amides is 1. The number of carbonyl (C=O) groups is 1. The lowest BCUT2D eigenvalue weighted by Crippen LogP contribution is -2.33. The summed E-state index contributed by atoms with van der Waals surface area (Å²) in [5, 5.41) is 11.8. The molecular weight excluding hydrogens is 236 g/mol. The predicted molar refractivity (Wildman–Crippen MR) is 64.0 cm³/mol. The highest BCUT2D eigenvalue weighted by Crippen LogP contribution is 2.08. The topological polar surface area (TPSA) is 85.9 Å². The molecule has 0 saturated carbocycles. The van der Waals surface area contributed by atoms with Gasteiger partial charge in [0, 0.05) is 21.1 Å². The van der Waals surface area contributed by atoms with Crippen molar-refractivity contribution in [2.75, 3.05) is 14.1 Å². The third-order valence-electron chi connectivity index (χ3n) is 2.78. The Bertz CT molecular complexity index is 669. The third kappa shape index (κ3) is 1.85. The van der Waals surface area contributed by atoms with Gasteiger partial charge in [-0.25, -0.2) is 0 Å². The maximum atomic E-state index is 12.1. The van der Waals surface area contributed by atoms with Crippen molar-refractivity contribution in [1.29, 1.82) is 0 Å². The molecule has 8 nitrogen and oxygen atoms in total. The van der Waals surface area contributed by atoms with Gasteiger partial charge in [0.25, 0.3) is 5.56 Å². The lowest BCUT2D eigenvalue weighted by atomic mass is 10.4. The van der Waals surface area contributed by atoms with E-state index in [9.17, 15) is 9.59 Å². The van der Waals surface area contributed by atoms with Gasteiger partial charge in [-0.2, -0.15) is 9.78 Å². The van der Waals surface area contributed by atoms with Crippen LogP contribution in [0.5, 0.6) is 0 Å². The summed E-state index contributed by atoms with van der Waals surface area (Å²) in [6.07, 6.45) is 0. The quantitative estimate of drug-likeness (QED) is 0.677. The van der Waals surface area contributed by atoms with Crippen molar-refractivity contribution < 1.29 is 4.79 Å². The van der Waals surface area contributed by atoms with Gasteiger partial charge in [0.05, 0.1) is 5.69 Å². The fourth-order valence-corrected chi connectivity index (χ4v) is 1.50. The first kappa shape index (κ1) is 12.2. The summed E-state index contributed by atoms with van der Waals surface area (Å²) < 4.78 is 2.59. The van der Waals surface area contributed by atoms with Crippen LogP contribution in [0.2, 0.25) is 0 Å². The van der Waals surface area contributed by atoms with E-state index in [1.54, 1.807) is 32.7 Å². The van der Waals surface area contributed by atoms with Crippen molar-refractivity contribution in [3.05, 3.63) is 16.0 Å². The molecule has 0 aliphatic rings. The lowest BCUT2D eigenvalue weighted by molar-refractivity contribution is -0.129. The Kier molecular flexibility index (Phi) is 2.85. The molecule has 2 heterocycles. The van der Waals surface area contributed by atoms with Crippen LogP contribution >= 0.6 is 0 Å². The van der Waals surface area contributed by atoms with Gasteiger partial charge in [0.2, 0.25) is 5.91 Å². The first-order chi connectivity index (χ1) is 8.41. The molecule has 0 atom stereocenters. The molecule has 8 heteroatoms. The standard InChI is InChI=1S/C10H14N6O2/c1-6-8-9(12-15(6)4)10(18)16(13-11-8)5-7(17)14(2)3/h5H2,1-4H3. The van der Waals surface area contributed by atoms with E-state index >= 15 is 0 Å². The molecule has 96 valence electrons. The molecule has 0 aromatic carbocycles. The second kappa shape index (κ2) is 4.21. The molecule has 2 aromatic rings. The van der Waals surface area contributed by atoms with E-state index in [-0.39, 0.29) is 18.0 Å². The third-order valence-corrected chi connectivity index (χ3v) is 2.78. The van der Waals surface area contributed by atoms with E-state index in [0.29, 0.717) is 5.52 Å². The van der Waals surface area contributed by atoms with Gasteiger partial charge in [0.1, 0.15) is 12.1 Å². The highest BCUT2D eigenvalue weighted by Gasteiger charge is 2.15. The smallest absolute Gasteiger partial charge is 0.298 e. The molecule has 0 spiro atoms. The number of hydrogen-bond acceptors (Lipinski definition) is 5. The second-order valence-electron chi connectivity index (χ2n) is 4.25. The fourth-order valence-electron chi connectivity index (χ4n) is 1.50. The second-order valence-corrected chi connectivity index (χ2v) is 4.25. The van der Waals surface area contributed by atoms with Crippen molar-refractivity contribution in [1.82, 2.24) is 29.7 Å². The normalized spacial score (nSPS) is 10.9. The molecule has 0 bridgehead atoms. The summed E-state index contributed by atoms with van der Waals surface area (Å²) >= 11 is 0. The van der Waals surface area contributed by atoms with E-state index in [1.807, 2.05) is 0 Å². The highest BCUT2D eigenvalue weighted by molar-refractivity contribution is 5.77. The van der Waals surface area contributed by atoms with Crippen molar-refractivity contribution in [2.24, 2.45) is 7.05 Å². The highest BCUT2D eigenvalue weighted by atomic mass is 16.2. The Morgan fingerprint density at radius 2 is 2.00 bits per heavy atom. The van der Waals surface area contributed by atoms with Crippen molar-refractivity contribution >= 4 is 16.9 Å². The molecule has 0 unspecified atom stereocenters. The Morgan fingerprint density at radius 3 is 2.61 bits per heavy atom. The first-order valence-corrected chi connectivity index (χ1v) is 5.39. The summed E-state index contributed by atoms with van der Waals surface area (Å²) in [5.41, 5.74) is 1.06. The van der Waals surface area contributed by atoms with Crippen molar-refractivity contribution in [3.8, 4) is 0 Å². The average Bonchev–Trinajstić information content (AvgIpc) is 2.60. The average molecular weight is 250 g/mol. The summed E-state index contributed by atoms with van der Waals surface area (Å²) in [5.74, 6) is -0.224. The fraction of sp³-hybridized carbons (Fsp3) is 0.500. The van der Waals surface area contributed by atoms with Gasteiger partial charge in [-0.15, -0.1) is 5.10 Å². The number of rotatable bonds is 2. The zero-order chi connectivity index (χ0) is 13.4. The first-order valence-electron chi connectivity index (χ1n) is 5.39. The van der Waals surface area contributed by atoms with E-state index in [1.165, 1.54) is 4.90 Å². The summed E-state index contributed by atoms with van der Waals surface area (Å²) in [4.78, 5) is 25.0. The van der Waals surface area contributed by atoms with Gasteiger partial charge in [-0.05, 0) is 6.92 Å². The van der Waals surface area contributed by atoms with Crippen LogP contribution in [-0.2, 0) is 18.4 Å². The molecule has 0 saturated heterocycles. The summed E-state index contributed by atoms with van der Waals surface area (Å²) in [7, 11) is 4.96. The summed E-state index contributed by atoms with van der Waals surface area (Å²) in [6.45, 7) is 1.67. The number of hydrogen-bond donors (Lipinski definition) is 0. The maximum Gasteiger partial charge on any atom is 0.298 e. The molecular formula is C10H14N6O2. The van der Waals surface area contributed by atoms with Crippen molar-refractivity contribution in [2.45, 2.75) is 13.5 Å². The van der Waals surface area contributed by atoms with Crippen LogP contribution in [0, 0.1) is 6.92 Å². The Hall–Kier alpha value is -2.25. The van der Waals surface area contributed by atoms with E-state index in [2.05, 4.69) is 15.4 Å². The number of likely N-dealkylation sites (N-methyl/N-ethyl adjacent to an activating group) is 1. The minimum Gasteiger partial charge on any atom is -0.347 e. The molecule has 2 aromatic heterocycles. The molecule has 0 N–H and O–H groups in total. The lowest BCUT2D eigenvalue weighted by Gasteiger charge is -2.09. The van der Waals surface area contributed by atoms with Crippen LogP contribution in [0.4, 0.5) is 0 Å². The van der Waals surface area contributed by atoms with Gasteiger partial charge in [-0.3, -0.25) is 14.3 Å². The maximum absolute atomic E-state index is 12.1. The molecule has 0 aliphatic heterocycles. The van der Waals surface area contributed by atoms with Crippen LogP contribution < -0.4 is 5.56 Å². The Morgan fingerprint density at radius 1 is 1.33 bits per heavy atom.